The Morgan fingerprint density at radius 3 is 2.31 bits per heavy atom. The third-order valence-electron chi connectivity index (χ3n) is 5.39. The molecule has 0 aliphatic carbocycles. The van der Waals surface area contributed by atoms with Crippen molar-refractivity contribution in [1.82, 2.24) is 15.2 Å². The lowest BCUT2D eigenvalue weighted by molar-refractivity contribution is -0.135. The quantitative estimate of drug-likeness (QED) is 0.687. The van der Waals surface area contributed by atoms with Crippen molar-refractivity contribution >= 4 is 23.0 Å². The predicted molar refractivity (Wildman–Crippen MR) is 99.7 cm³/mol. The van der Waals surface area contributed by atoms with Crippen molar-refractivity contribution in [2.75, 3.05) is 21.3 Å². The molecule has 10 nitrogen and oxygen atoms in total. The van der Waals surface area contributed by atoms with E-state index in [9.17, 15) is 19.8 Å². The monoisotopic (exact) mass is 403 g/mol. The zero-order valence-electron chi connectivity index (χ0n) is 16.6. The molecule has 1 aliphatic rings. The molecule has 0 fully saturated rings. The number of ether oxygens (including phenoxy) is 2. The van der Waals surface area contributed by atoms with Gasteiger partial charge in [-0.1, -0.05) is 12.1 Å². The van der Waals surface area contributed by atoms with Gasteiger partial charge in [0, 0.05) is 27.0 Å². The van der Waals surface area contributed by atoms with Crippen LogP contribution >= 0.6 is 0 Å². The number of aliphatic carboxylic acids is 2. The first-order chi connectivity index (χ1) is 13.7. The molecule has 0 saturated heterocycles. The second-order valence-corrected chi connectivity index (χ2v) is 6.76. The summed E-state index contributed by atoms with van der Waals surface area (Å²) in [6.07, 6.45) is -1.04. The number of allylic oxidation sites excluding steroid dienone is 1. The summed E-state index contributed by atoms with van der Waals surface area (Å²) < 4.78 is 15.5. The van der Waals surface area contributed by atoms with Gasteiger partial charge in [0.2, 0.25) is 0 Å². The van der Waals surface area contributed by atoms with E-state index < -0.39 is 23.6 Å². The van der Waals surface area contributed by atoms with Crippen molar-refractivity contribution in [3.05, 3.63) is 46.3 Å². The highest BCUT2D eigenvalue weighted by molar-refractivity contribution is 6.02. The van der Waals surface area contributed by atoms with E-state index in [2.05, 4.69) is 10.3 Å². The maximum Gasteiger partial charge on any atom is 0.334 e. The molecule has 0 amide bonds. The van der Waals surface area contributed by atoms with Crippen LogP contribution in [0.2, 0.25) is 0 Å². The zero-order valence-corrected chi connectivity index (χ0v) is 16.6. The van der Waals surface area contributed by atoms with Crippen LogP contribution in [0.4, 0.5) is 0 Å². The number of likely N-dealkylation sites (N-methyl/N-ethyl adjacent to an activating group) is 1. The lowest BCUT2D eigenvalue weighted by atomic mass is 9.66. The molecule has 1 atom stereocenters. The van der Waals surface area contributed by atoms with Gasteiger partial charge < -0.3 is 24.6 Å². The van der Waals surface area contributed by atoms with Gasteiger partial charge in [0.15, 0.2) is 6.29 Å². The fourth-order valence-electron chi connectivity index (χ4n) is 4.03. The fraction of sp³-hybridized carbons (Fsp3) is 0.368. The van der Waals surface area contributed by atoms with Crippen LogP contribution in [0.3, 0.4) is 0 Å². The van der Waals surface area contributed by atoms with Crippen molar-refractivity contribution in [3.8, 4) is 0 Å². The maximum atomic E-state index is 12.5. The summed E-state index contributed by atoms with van der Waals surface area (Å²) in [5, 5.41) is 27.9. The van der Waals surface area contributed by atoms with Crippen molar-refractivity contribution in [3.63, 3.8) is 0 Å². The summed E-state index contributed by atoms with van der Waals surface area (Å²) in [6, 6.07) is 4.90. The lowest BCUT2D eigenvalue weighted by Crippen LogP contribution is -2.46. The number of carboxylic acid groups (broad SMARTS) is 2. The molecule has 0 spiro atoms. The Morgan fingerprint density at radius 1 is 1.14 bits per heavy atom. The minimum absolute atomic E-state index is 0.109. The largest absolute Gasteiger partial charge is 0.478 e. The molecule has 29 heavy (non-hydrogen) atoms. The van der Waals surface area contributed by atoms with Crippen LogP contribution in [0.5, 0.6) is 0 Å². The Hall–Kier alpha value is -3.24. The third kappa shape index (κ3) is 2.88. The number of carboxylic acids is 2. The number of rotatable bonds is 6. The molecule has 10 heteroatoms. The maximum absolute atomic E-state index is 12.5. The Bertz CT molecular complexity index is 1050. The molecule has 1 aliphatic heterocycles. The number of nitrogens with zero attached hydrogens (tertiary/aromatic N) is 3. The first-order valence-electron chi connectivity index (χ1n) is 8.63. The SMILES string of the molecule is COC(OC)C1=C(C(=O)O)C(C)(c2cccc3nonc23)C(C(=O)O)=C(C)N1C. The van der Waals surface area contributed by atoms with E-state index in [4.69, 9.17) is 14.1 Å². The summed E-state index contributed by atoms with van der Waals surface area (Å²) in [4.78, 5) is 26.3. The van der Waals surface area contributed by atoms with Crippen LogP contribution in [0.15, 0.2) is 45.4 Å². The summed E-state index contributed by atoms with van der Waals surface area (Å²) >= 11 is 0. The van der Waals surface area contributed by atoms with E-state index in [-0.39, 0.29) is 22.4 Å². The number of hydrogen-bond donors (Lipinski definition) is 2. The molecule has 0 saturated carbocycles. The first kappa shape index (κ1) is 20.5. The van der Waals surface area contributed by atoms with Crippen molar-refractivity contribution in [2.45, 2.75) is 25.6 Å². The zero-order chi connectivity index (χ0) is 21.5. The highest BCUT2D eigenvalue weighted by Crippen LogP contribution is 2.49. The molecular weight excluding hydrogens is 382 g/mol. The first-order valence-corrected chi connectivity index (χ1v) is 8.63. The molecule has 3 rings (SSSR count). The fourth-order valence-corrected chi connectivity index (χ4v) is 4.03. The topological polar surface area (TPSA) is 135 Å². The van der Waals surface area contributed by atoms with Crippen LogP contribution < -0.4 is 0 Å². The van der Waals surface area contributed by atoms with Gasteiger partial charge >= 0.3 is 11.9 Å². The van der Waals surface area contributed by atoms with E-state index >= 15 is 0 Å². The third-order valence-corrected chi connectivity index (χ3v) is 5.39. The second-order valence-electron chi connectivity index (χ2n) is 6.76. The van der Waals surface area contributed by atoms with Gasteiger partial charge in [0.1, 0.15) is 11.0 Å². The number of fused-ring (bicyclic) bond motifs is 1. The van der Waals surface area contributed by atoms with Crippen LogP contribution in [0.25, 0.3) is 11.0 Å². The van der Waals surface area contributed by atoms with Gasteiger partial charge in [0.25, 0.3) is 0 Å². The minimum Gasteiger partial charge on any atom is -0.478 e. The lowest BCUT2D eigenvalue weighted by Gasteiger charge is -2.43. The molecule has 1 aromatic heterocycles. The minimum atomic E-state index is -1.60. The van der Waals surface area contributed by atoms with Crippen molar-refractivity contribution in [2.24, 2.45) is 0 Å². The average Bonchev–Trinajstić information content (AvgIpc) is 3.14. The molecule has 1 aromatic carbocycles. The van der Waals surface area contributed by atoms with E-state index in [0.29, 0.717) is 16.8 Å². The van der Waals surface area contributed by atoms with E-state index in [0.717, 1.165) is 0 Å². The van der Waals surface area contributed by atoms with Crippen LogP contribution in [0.1, 0.15) is 19.4 Å². The molecular formula is C19H21N3O7. The van der Waals surface area contributed by atoms with Gasteiger partial charge in [-0.3, -0.25) is 0 Å². The van der Waals surface area contributed by atoms with E-state index in [1.165, 1.54) is 26.0 Å². The van der Waals surface area contributed by atoms with E-state index in [1.807, 2.05) is 0 Å². The average molecular weight is 403 g/mol. The predicted octanol–water partition coefficient (Wildman–Crippen LogP) is 1.74. The molecule has 2 N–H and O–H groups in total. The van der Waals surface area contributed by atoms with Crippen molar-refractivity contribution in [1.29, 1.82) is 0 Å². The molecule has 2 aromatic rings. The Balaban J connectivity index is 2.51. The summed E-state index contributed by atoms with van der Waals surface area (Å²) in [6.45, 7) is 3.13. The molecule has 154 valence electrons. The number of hydrogen-bond acceptors (Lipinski definition) is 8. The van der Waals surface area contributed by atoms with Gasteiger partial charge in [-0.05, 0) is 35.8 Å². The highest BCUT2D eigenvalue weighted by Gasteiger charge is 2.51. The summed E-state index contributed by atoms with van der Waals surface area (Å²) in [5.41, 5.74) is -0.399. The Morgan fingerprint density at radius 2 is 1.76 bits per heavy atom. The van der Waals surface area contributed by atoms with Gasteiger partial charge in [-0.15, -0.1) is 0 Å². The smallest absolute Gasteiger partial charge is 0.334 e. The highest BCUT2D eigenvalue weighted by atomic mass is 16.7. The number of benzene rings is 1. The second kappa shape index (κ2) is 7.30. The molecule has 2 heterocycles. The Labute approximate surface area is 166 Å². The Kier molecular flexibility index (Phi) is 5.16. The molecule has 1 unspecified atom stereocenters. The van der Waals surface area contributed by atoms with Gasteiger partial charge in [0.05, 0.1) is 22.3 Å². The molecule has 0 radical (unpaired) electrons. The number of aromatic nitrogens is 2. The summed E-state index contributed by atoms with van der Waals surface area (Å²) in [7, 11) is 4.32. The number of carbonyl (C=O) groups is 2. The van der Waals surface area contributed by atoms with Crippen LogP contribution in [0, 0.1) is 0 Å². The van der Waals surface area contributed by atoms with Crippen LogP contribution in [-0.2, 0) is 24.5 Å². The van der Waals surface area contributed by atoms with Gasteiger partial charge in [-0.2, -0.15) is 0 Å². The van der Waals surface area contributed by atoms with Gasteiger partial charge in [-0.25, -0.2) is 14.2 Å². The van der Waals surface area contributed by atoms with Crippen LogP contribution in [-0.4, -0.2) is 64.9 Å². The number of methoxy groups -OCH3 is 2. The summed E-state index contributed by atoms with van der Waals surface area (Å²) in [5.74, 6) is -2.57. The van der Waals surface area contributed by atoms with Crippen molar-refractivity contribution < 1.29 is 33.9 Å². The molecule has 0 bridgehead atoms. The standard InChI is InChI=1S/C19H21N3O7/c1-9-12(16(23)24)19(2,10-7-6-8-11-14(10)21-29-20-11)13(17(25)26)15(22(9)3)18(27-4)28-5/h6-8,18H,1-5H3,(H,23,24)(H,25,26). The van der Waals surface area contributed by atoms with E-state index in [1.54, 1.807) is 32.2 Å². The normalized spacial score (nSPS) is 20.1.